The van der Waals surface area contributed by atoms with Crippen LogP contribution in [0.25, 0.3) is 33.5 Å². The molecule has 3 atom stereocenters. The van der Waals surface area contributed by atoms with Gasteiger partial charge in [0.05, 0.1) is 12.4 Å². The van der Waals surface area contributed by atoms with Gasteiger partial charge in [-0.15, -0.1) is 0 Å². The lowest BCUT2D eigenvalue weighted by molar-refractivity contribution is 0.0845. The van der Waals surface area contributed by atoms with Crippen molar-refractivity contribution in [2.24, 2.45) is 0 Å². The molecule has 3 aliphatic rings. The Balaban J connectivity index is 0.806. The Kier molecular flexibility index (Phi) is 9.47. The number of pyridine rings is 1. The number of aromatic amines is 1. The van der Waals surface area contributed by atoms with Crippen molar-refractivity contribution in [3.63, 3.8) is 0 Å². The molecule has 1 fully saturated rings. The Morgan fingerprint density at radius 2 is 1.31 bits per heavy atom. The van der Waals surface area contributed by atoms with Gasteiger partial charge in [0.2, 0.25) is 17.5 Å². The van der Waals surface area contributed by atoms with E-state index in [4.69, 9.17) is 14.5 Å². The van der Waals surface area contributed by atoms with Crippen molar-refractivity contribution in [3.8, 4) is 45.9 Å². The van der Waals surface area contributed by atoms with Gasteiger partial charge in [0, 0.05) is 90.0 Å². The highest BCUT2D eigenvalue weighted by molar-refractivity contribution is 5.79. The van der Waals surface area contributed by atoms with Crippen LogP contribution in [0.5, 0.6) is 11.5 Å². The molecule has 1 saturated heterocycles. The third kappa shape index (κ3) is 6.79. The zero-order valence-electron chi connectivity index (χ0n) is 33.9. The highest BCUT2D eigenvalue weighted by atomic mass is 19.1. The molecule has 8 aromatic rings. The van der Waals surface area contributed by atoms with Crippen LogP contribution in [0.3, 0.4) is 0 Å². The number of fused-ring (bicyclic) bond motifs is 4. The van der Waals surface area contributed by atoms with Crippen LogP contribution in [0.4, 0.5) is 20.7 Å². The number of rotatable bonds is 10. The van der Waals surface area contributed by atoms with Gasteiger partial charge in [0.1, 0.15) is 47.5 Å². The van der Waals surface area contributed by atoms with Crippen molar-refractivity contribution in [3.05, 3.63) is 153 Å². The third-order valence-electron chi connectivity index (χ3n) is 12.3. The number of aromatic nitrogens is 7. The summed E-state index contributed by atoms with van der Waals surface area (Å²) in [6.07, 6.45) is 9.87. The minimum atomic E-state index is -0.496. The highest BCUT2D eigenvalue weighted by Gasteiger charge is 2.39. The molecule has 0 amide bonds. The first-order chi connectivity index (χ1) is 31.3. The molecule has 0 aliphatic carbocycles. The minimum Gasteiger partial charge on any atom is -0.486 e. The van der Waals surface area contributed by atoms with E-state index in [0.717, 1.165) is 30.5 Å². The first-order valence-electron chi connectivity index (χ1n) is 20.8. The van der Waals surface area contributed by atoms with Gasteiger partial charge < -0.3 is 30.4 Å². The van der Waals surface area contributed by atoms with Crippen molar-refractivity contribution in [2.75, 3.05) is 17.2 Å². The Hall–Kier alpha value is -8.15. The second-order valence-corrected chi connectivity index (χ2v) is 16.0. The largest absolute Gasteiger partial charge is 0.486 e. The quantitative estimate of drug-likeness (QED) is 0.113. The topological polar surface area (TPSA) is 195 Å². The first kappa shape index (κ1) is 38.7. The van der Waals surface area contributed by atoms with Gasteiger partial charge in [-0.25, -0.2) is 28.7 Å². The van der Waals surface area contributed by atoms with Crippen molar-refractivity contribution in [1.29, 1.82) is 10.5 Å². The molecule has 3 aromatic carbocycles. The summed E-state index contributed by atoms with van der Waals surface area (Å²) in [5.74, 6) is 0.906. The number of nitriles is 2. The van der Waals surface area contributed by atoms with Gasteiger partial charge in [0.15, 0.2) is 22.7 Å². The standard InChI is InChI=1S/C47H36F2N12O3/c48-36-7-9-39-30(34(36)21-56-46-54-19-32(44-58-28(17-50)23-60(44)46)25-3-5-26(6-4-25)38-2-1-12-52-38)15-41(63-39)42-16-31-35(37(49)8-10-40(31)64-42)22-57-47-55-20-33(27-11-13-53-43(62)14-27)45-59-29(18-51)24-61(45)47/h3-11,13-14,19-20,23-24,38,41-42,52H,1-2,12,15-16,21-22H2,(H,53,62)(H,54,56)(H,55,57)/t38-,41?,42?/m0/s1. The molecule has 316 valence electrons. The number of anilines is 2. The molecule has 0 spiro atoms. The Morgan fingerprint density at radius 3 is 1.83 bits per heavy atom. The number of hydrogen-bond donors (Lipinski definition) is 4. The Bertz CT molecular complexity index is 3310. The molecule has 15 nitrogen and oxygen atoms in total. The minimum absolute atomic E-state index is 0.0316. The molecule has 17 heteroatoms. The summed E-state index contributed by atoms with van der Waals surface area (Å²) in [4.78, 5) is 32.9. The van der Waals surface area contributed by atoms with Gasteiger partial charge in [0.25, 0.3) is 0 Å². The van der Waals surface area contributed by atoms with Gasteiger partial charge in [-0.3, -0.25) is 13.6 Å². The SMILES string of the molecule is N#Cc1cn2c(NCc3c(F)ccc4c3CC(C3Cc5c(ccc(F)c5CNc5ncc(-c6cc[nH]c(=O)c6)c6nc(C#N)cn56)O3)O4)ncc(-c3ccc([C@@H]4CCCN4)cc3)c2n1. The number of imidazole rings is 2. The molecule has 0 saturated carbocycles. The lowest BCUT2D eigenvalue weighted by atomic mass is 9.96. The summed E-state index contributed by atoms with van der Waals surface area (Å²) in [5, 5.41) is 29.4. The van der Waals surface area contributed by atoms with Crippen LogP contribution < -0.4 is 31.0 Å². The highest BCUT2D eigenvalue weighted by Crippen LogP contribution is 2.41. The van der Waals surface area contributed by atoms with Gasteiger partial charge in [-0.1, -0.05) is 24.3 Å². The van der Waals surface area contributed by atoms with Gasteiger partial charge in [-0.05, 0) is 66.4 Å². The van der Waals surface area contributed by atoms with Crippen LogP contribution in [0.2, 0.25) is 0 Å². The first-order valence-corrected chi connectivity index (χ1v) is 20.8. The second kappa shape index (κ2) is 15.6. The smallest absolute Gasteiger partial charge is 0.248 e. The van der Waals surface area contributed by atoms with Crippen LogP contribution in [-0.2, 0) is 25.9 Å². The third-order valence-corrected chi connectivity index (χ3v) is 12.3. The summed E-state index contributed by atoms with van der Waals surface area (Å²) in [6, 6.07) is 21.9. The van der Waals surface area contributed by atoms with E-state index in [1.54, 1.807) is 45.6 Å². The number of nitrogens with zero attached hydrogens (tertiary/aromatic N) is 8. The van der Waals surface area contributed by atoms with Crippen molar-refractivity contribution >= 4 is 23.2 Å². The molecule has 2 unspecified atom stereocenters. The maximum absolute atomic E-state index is 15.7. The Labute approximate surface area is 363 Å². The van der Waals surface area contributed by atoms with E-state index in [9.17, 15) is 15.3 Å². The molecule has 4 N–H and O–H groups in total. The maximum Gasteiger partial charge on any atom is 0.248 e. The van der Waals surface area contributed by atoms with Gasteiger partial charge >= 0.3 is 0 Å². The number of benzene rings is 3. The predicted octanol–water partition coefficient (Wildman–Crippen LogP) is 6.77. The summed E-state index contributed by atoms with van der Waals surface area (Å²) in [5.41, 5.74) is 7.17. The van der Waals surface area contributed by atoms with Crippen molar-refractivity contribution in [2.45, 2.75) is 57.0 Å². The van der Waals surface area contributed by atoms with Crippen LogP contribution in [-0.4, -0.2) is 52.5 Å². The maximum atomic E-state index is 15.7. The summed E-state index contributed by atoms with van der Waals surface area (Å²) in [7, 11) is 0. The normalized spacial score (nSPS) is 17.4. The molecule has 5 aromatic heterocycles. The zero-order valence-corrected chi connectivity index (χ0v) is 33.9. The summed E-state index contributed by atoms with van der Waals surface area (Å²) < 4.78 is 47.5. The van der Waals surface area contributed by atoms with Crippen LogP contribution in [0, 0.1) is 34.3 Å². The molecular weight excluding hydrogens is 819 g/mol. The molecule has 8 heterocycles. The fourth-order valence-electron chi connectivity index (χ4n) is 9.11. The average molecular weight is 855 g/mol. The molecule has 0 radical (unpaired) electrons. The number of nitrogens with one attached hydrogen (secondary N) is 4. The number of ether oxygens (including phenoxy) is 2. The van der Waals surface area contributed by atoms with E-state index >= 15 is 8.78 Å². The Morgan fingerprint density at radius 1 is 0.750 bits per heavy atom. The fourth-order valence-corrected chi connectivity index (χ4v) is 9.11. The molecule has 64 heavy (non-hydrogen) atoms. The van der Waals surface area contributed by atoms with E-state index in [1.165, 1.54) is 36.2 Å². The van der Waals surface area contributed by atoms with Crippen LogP contribution in [0.1, 0.15) is 58.1 Å². The molecule has 3 aliphatic heterocycles. The lowest BCUT2D eigenvalue weighted by Crippen LogP contribution is -2.34. The number of hydrogen-bond acceptors (Lipinski definition) is 12. The monoisotopic (exact) mass is 854 g/mol. The van der Waals surface area contributed by atoms with E-state index < -0.39 is 23.8 Å². The van der Waals surface area contributed by atoms with Gasteiger partial charge in [-0.2, -0.15) is 10.5 Å². The number of halogens is 2. The van der Waals surface area contributed by atoms with Crippen molar-refractivity contribution < 1.29 is 18.3 Å². The van der Waals surface area contributed by atoms with E-state index in [2.05, 4.69) is 54.1 Å². The van der Waals surface area contributed by atoms with Crippen LogP contribution in [0.15, 0.2) is 96.4 Å². The summed E-state index contributed by atoms with van der Waals surface area (Å²) >= 11 is 0. The summed E-state index contributed by atoms with van der Waals surface area (Å²) in [6.45, 7) is 1.11. The fraction of sp³-hybridized carbons (Fsp3) is 0.213. The van der Waals surface area contributed by atoms with Crippen molar-refractivity contribution in [1.82, 2.24) is 39.0 Å². The predicted molar refractivity (Wildman–Crippen MR) is 231 cm³/mol. The number of H-pyrrole nitrogens is 1. The zero-order chi connectivity index (χ0) is 43.5. The van der Waals surface area contributed by atoms with E-state index in [-0.39, 0.29) is 30.0 Å². The molecular formula is C47H36F2N12O3. The molecule has 0 bridgehead atoms. The molecule has 11 rings (SSSR count). The van der Waals surface area contributed by atoms with E-state index in [0.29, 0.717) is 87.0 Å². The van der Waals surface area contributed by atoms with E-state index in [1.807, 2.05) is 18.2 Å². The second-order valence-electron chi connectivity index (χ2n) is 16.0. The lowest BCUT2D eigenvalue weighted by Gasteiger charge is -2.18. The van der Waals surface area contributed by atoms with Crippen LogP contribution >= 0.6 is 0 Å². The average Bonchev–Trinajstić information content (AvgIpc) is 4.17.